The zero-order valence-corrected chi connectivity index (χ0v) is 12.7. The zero-order chi connectivity index (χ0) is 15.4. The summed E-state index contributed by atoms with van der Waals surface area (Å²) in [5, 5.41) is 14.2. The van der Waals surface area contributed by atoms with E-state index in [1.165, 1.54) is 0 Å². The molecule has 1 heterocycles. The number of hydrogen-bond acceptors (Lipinski definition) is 3. The van der Waals surface area contributed by atoms with E-state index >= 15 is 0 Å². The van der Waals surface area contributed by atoms with E-state index in [0.717, 1.165) is 16.2 Å². The maximum absolute atomic E-state index is 12.1. The summed E-state index contributed by atoms with van der Waals surface area (Å²) in [6.07, 6.45) is 1.14. The second-order valence-corrected chi connectivity index (χ2v) is 5.96. The van der Waals surface area contributed by atoms with Crippen LogP contribution in [0.25, 0.3) is 0 Å². The third-order valence-electron chi connectivity index (χ3n) is 3.91. The van der Waals surface area contributed by atoms with Crippen LogP contribution < -0.4 is 15.3 Å². The second-order valence-electron chi connectivity index (χ2n) is 5.53. The number of hydrogen-bond donors (Lipinski definition) is 2. The van der Waals surface area contributed by atoms with Gasteiger partial charge >= 0.3 is 0 Å². The predicted molar refractivity (Wildman–Crippen MR) is 78.1 cm³/mol. The minimum Gasteiger partial charge on any atom is -0.550 e. The molecule has 0 aliphatic carbocycles. The third-order valence-corrected chi connectivity index (χ3v) is 4.15. The molecular formula is C15H19ClN2O3. The number of benzene rings is 1. The molecule has 1 amide bonds. The first-order valence-electron chi connectivity index (χ1n) is 7.06. The molecule has 1 aliphatic rings. The molecule has 0 unspecified atom stereocenters. The Morgan fingerprint density at radius 1 is 1.38 bits per heavy atom. The standard InChI is InChI=1S/C15H19ClN2O3/c1-10-2-3-12(16)8-13(10)17-14(19)9-18-6-4-11(5-7-18)15(20)21/h2-3,8,11H,4-7,9H2,1H3,(H,17,19)(H,20,21). The maximum atomic E-state index is 12.1. The number of halogens is 1. The zero-order valence-electron chi connectivity index (χ0n) is 11.9. The Bertz CT molecular complexity index is 540. The summed E-state index contributed by atoms with van der Waals surface area (Å²) in [5.41, 5.74) is 1.68. The maximum Gasteiger partial charge on any atom is 0.279 e. The molecule has 0 saturated carbocycles. The van der Waals surface area contributed by atoms with E-state index in [-0.39, 0.29) is 11.8 Å². The van der Waals surface area contributed by atoms with Crippen LogP contribution in [0.2, 0.25) is 5.02 Å². The summed E-state index contributed by atoms with van der Waals surface area (Å²) >= 11 is 5.92. The summed E-state index contributed by atoms with van der Waals surface area (Å²) in [6, 6.07) is 5.37. The molecule has 1 aromatic rings. The van der Waals surface area contributed by atoms with Gasteiger partial charge in [0.1, 0.15) is 0 Å². The van der Waals surface area contributed by atoms with E-state index in [2.05, 4.69) is 5.32 Å². The van der Waals surface area contributed by atoms with E-state index in [1.54, 1.807) is 12.1 Å². The molecule has 0 radical (unpaired) electrons. The van der Waals surface area contributed by atoms with Crippen LogP contribution in [0.4, 0.5) is 5.69 Å². The Labute approximate surface area is 128 Å². The van der Waals surface area contributed by atoms with Crippen molar-refractivity contribution in [1.82, 2.24) is 0 Å². The van der Waals surface area contributed by atoms with Crippen molar-refractivity contribution >= 4 is 29.2 Å². The summed E-state index contributed by atoms with van der Waals surface area (Å²) in [6.45, 7) is 3.61. The number of piperidine rings is 1. The Balaban J connectivity index is 1.85. The fourth-order valence-corrected chi connectivity index (χ4v) is 2.76. The van der Waals surface area contributed by atoms with Crippen LogP contribution in [0, 0.1) is 12.8 Å². The molecule has 2 N–H and O–H groups in total. The highest BCUT2D eigenvalue weighted by molar-refractivity contribution is 6.31. The number of nitrogens with one attached hydrogen (secondary N) is 2. The van der Waals surface area contributed by atoms with Gasteiger partial charge in [-0.25, -0.2) is 0 Å². The highest BCUT2D eigenvalue weighted by Crippen LogP contribution is 2.19. The van der Waals surface area contributed by atoms with Gasteiger partial charge in [0.2, 0.25) is 0 Å². The van der Waals surface area contributed by atoms with E-state index in [4.69, 9.17) is 11.6 Å². The van der Waals surface area contributed by atoms with Crippen molar-refractivity contribution in [3.05, 3.63) is 28.8 Å². The van der Waals surface area contributed by atoms with Crippen molar-refractivity contribution < 1.29 is 19.6 Å². The number of carbonyl (C=O) groups excluding carboxylic acids is 2. The largest absolute Gasteiger partial charge is 0.550 e. The summed E-state index contributed by atoms with van der Waals surface area (Å²) in [7, 11) is 0. The fraction of sp³-hybridized carbons (Fsp3) is 0.467. The monoisotopic (exact) mass is 310 g/mol. The second kappa shape index (κ2) is 6.91. The highest BCUT2D eigenvalue weighted by Gasteiger charge is 2.24. The Hall–Kier alpha value is -1.59. The van der Waals surface area contributed by atoms with Crippen LogP contribution in [0.5, 0.6) is 0 Å². The van der Waals surface area contributed by atoms with Gasteiger partial charge in [0, 0.05) is 35.4 Å². The van der Waals surface area contributed by atoms with Gasteiger partial charge in [-0.15, -0.1) is 0 Å². The lowest BCUT2D eigenvalue weighted by Gasteiger charge is -2.29. The quantitative estimate of drug-likeness (QED) is 0.797. The molecule has 114 valence electrons. The first kappa shape index (κ1) is 15.8. The number of carboxylic acids is 1. The molecule has 0 bridgehead atoms. The summed E-state index contributed by atoms with van der Waals surface area (Å²) in [5.74, 6) is -1.43. The number of carboxylic acid groups (broad SMARTS) is 1. The Morgan fingerprint density at radius 3 is 2.67 bits per heavy atom. The lowest BCUT2D eigenvalue weighted by Crippen LogP contribution is -3.14. The van der Waals surface area contributed by atoms with Crippen molar-refractivity contribution in [3.63, 3.8) is 0 Å². The first-order chi connectivity index (χ1) is 9.95. The van der Waals surface area contributed by atoms with Gasteiger partial charge in [0.25, 0.3) is 5.91 Å². The van der Waals surface area contributed by atoms with Gasteiger partial charge < -0.3 is 20.1 Å². The summed E-state index contributed by atoms with van der Waals surface area (Å²) < 4.78 is 0. The van der Waals surface area contributed by atoms with E-state index in [1.807, 2.05) is 13.0 Å². The van der Waals surface area contributed by atoms with Crippen molar-refractivity contribution in [2.45, 2.75) is 19.8 Å². The van der Waals surface area contributed by atoms with Gasteiger partial charge in [-0.3, -0.25) is 4.79 Å². The van der Waals surface area contributed by atoms with Gasteiger partial charge in [-0.1, -0.05) is 17.7 Å². The molecular weight excluding hydrogens is 292 g/mol. The lowest BCUT2D eigenvalue weighted by atomic mass is 9.97. The topological polar surface area (TPSA) is 73.7 Å². The highest BCUT2D eigenvalue weighted by atomic mass is 35.5. The number of aryl methyl sites for hydroxylation is 1. The Morgan fingerprint density at radius 2 is 2.05 bits per heavy atom. The minimum atomic E-state index is -0.979. The molecule has 5 nitrogen and oxygen atoms in total. The first-order valence-corrected chi connectivity index (χ1v) is 7.44. The van der Waals surface area contributed by atoms with Crippen LogP contribution in [0.1, 0.15) is 18.4 Å². The average Bonchev–Trinajstić information content (AvgIpc) is 2.43. The smallest absolute Gasteiger partial charge is 0.279 e. The average molecular weight is 311 g/mol. The number of aliphatic carboxylic acids is 1. The van der Waals surface area contributed by atoms with Gasteiger partial charge in [0.15, 0.2) is 6.54 Å². The van der Waals surface area contributed by atoms with E-state index in [9.17, 15) is 14.7 Å². The van der Waals surface area contributed by atoms with Gasteiger partial charge in [-0.05, 0) is 24.6 Å². The van der Waals surface area contributed by atoms with E-state index < -0.39 is 5.97 Å². The third kappa shape index (κ3) is 4.44. The molecule has 0 aromatic heterocycles. The number of anilines is 1. The fourth-order valence-electron chi connectivity index (χ4n) is 2.59. The van der Waals surface area contributed by atoms with Crippen LogP contribution in [-0.2, 0) is 9.59 Å². The van der Waals surface area contributed by atoms with Crippen molar-refractivity contribution in [3.8, 4) is 0 Å². The van der Waals surface area contributed by atoms with Crippen LogP contribution in [0.3, 0.4) is 0 Å². The van der Waals surface area contributed by atoms with Crippen molar-refractivity contribution in [2.24, 2.45) is 5.92 Å². The molecule has 1 aromatic carbocycles. The number of quaternary nitrogens is 1. The SMILES string of the molecule is Cc1ccc(Cl)cc1NC(=O)C[NH+]1CCC(C(=O)[O-])CC1. The lowest BCUT2D eigenvalue weighted by molar-refractivity contribution is -0.897. The number of rotatable bonds is 4. The molecule has 1 aliphatic heterocycles. The molecule has 6 heteroatoms. The summed E-state index contributed by atoms with van der Waals surface area (Å²) in [4.78, 5) is 23.9. The molecule has 21 heavy (non-hydrogen) atoms. The Kier molecular flexibility index (Phi) is 5.20. The van der Waals surface area contributed by atoms with Crippen molar-refractivity contribution in [2.75, 3.05) is 25.0 Å². The van der Waals surface area contributed by atoms with Crippen LogP contribution in [-0.4, -0.2) is 31.5 Å². The van der Waals surface area contributed by atoms with Gasteiger partial charge in [0.05, 0.1) is 13.1 Å². The number of likely N-dealkylation sites (tertiary alicyclic amines) is 1. The predicted octanol–water partition coefficient (Wildman–Crippen LogP) is -0.368. The normalized spacial score (nSPS) is 21.8. The molecule has 0 spiro atoms. The molecule has 1 fully saturated rings. The molecule has 1 saturated heterocycles. The van der Waals surface area contributed by atoms with Crippen LogP contribution >= 0.6 is 11.6 Å². The minimum absolute atomic E-state index is 0.0812. The van der Waals surface area contributed by atoms with E-state index in [0.29, 0.717) is 37.5 Å². The molecule has 2 rings (SSSR count). The van der Waals surface area contributed by atoms with Gasteiger partial charge in [-0.2, -0.15) is 0 Å². The van der Waals surface area contributed by atoms with Crippen LogP contribution in [0.15, 0.2) is 18.2 Å². The molecule has 0 atom stereocenters. The number of amides is 1. The van der Waals surface area contributed by atoms with Crippen molar-refractivity contribution in [1.29, 1.82) is 0 Å². The number of carbonyl (C=O) groups is 2.